The Morgan fingerprint density at radius 2 is 2.00 bits per heavy atom. The molecule has 28 heavy (non-hydrogen) atoms. The van der Waals surface area contributed by atoms with Gasteiger partial charge in [-0.05, 0) is 81.0 Å². The van der Waals surface area contributed by atoms with Crippen molar-refractivity contribution in [1.82, 2.24) is 5.32 Å². The molecule has 0 aromatic heterocycles. The first-order valence-corrected chi connectivity index (χ1v) is 10.3. The van der Waals surface area contributed by atoms with E-state index in [9.17, 15) is 14.4 Å². The number of esters is 1. The van der Waals surface area contributed by atoms with Crippen molar-refractivity contribution in [1.29, 1.82) is 0 Å². The predicted octanol–water partition coefficient (Wildman–Crippen LogP) is 3.06. The lowest BCUT2D eigenvalue weighted by Gasteiger charge is -2.29. The number of nitrogens with one attached hydrogen (secondary N) is 2. The molecule has 1 aromatic carbocycles. The molecule has 150 valence electrons. The monoisotopic (exact) mass is 384 g/mol. The average Bonchev–Trinajstić information content (AvgIpc) is 3.31. The molecule has 2 fully saturated rings. The van der Waals surface area contributed by atoms with Crippen molar-refractivity contribution >= 4 is 23.5 Å². The Kier molecular flexibility index (Phi) is 5.13. The van der Waals surface area contributed by atoms with Gasteiger partial charge in [-0.1, -0.05) is 6.42 Å². The van der Waals surface area contributed by atoms with E-state index in [1.807, 2.05) is 0 Å². The maximum absolute atomic E-state index is 12.5. The van der Waals surface area contributed by atoms with E-state index in [1.165, 1.54) is 25.7 Å². The van der Waals surface area contributed by atoms with Gasteiger partial charge in [-0.2, -0.15) is 0 Å². The molecular weight excluding hydrogens is 356 g/mol. The molecular formula is C22H28N2O4. The fourth-order valence-electron chi connectivity index (χ4n) is 5.15. The molecule has 1 heterocycles. The summed E-state index contributed by atoms with van der Waals surface area (Å²) >= 11 is 0. The normalized spacial score (nSPS) is 27.5. The Bertz CT molecular complexity index is 806. The van der Waals surface area contributed by atoms with Crippen LogP contribution in [0.1, 0.15) is 61.9 Å². The third-order valence-corrected chi connectivity index (χ3v) is 6.69. The number of carbonyl (C=O) groups excluding carboxylic acids is 3. The van der Waals surface area contributed by atoms with E-state index in [0.29, 0.717) is 24.3 Å². The molecule has 2 bridgehead atoms. The van der Waals surface area contributed by atoms with E-state index in [-0.39, 0.29) is 17.9 Å². The van der Waals surface area contributed by atoms with Gasteiger partial charge in [0, 0.05) is 18.2 Å². The van der Waals surface area contributed by atoms with Crippen LogP contribution in [0.15, 0.2) is 18.2 Å². The number of hydrogen-bond acceptors (Lipinski definition) is 4. The summed E-state index contributed by atoms with van der Waals surface area (Å²) in [5.74, 6) is 1.33. The molecule has 5 atom stereocenters. The molecule has 1 aliphatic heterocycles. The van der Waals surface area contributed by atoms with Crippen LogP contribution in [0.5, 0.6) is 0 Å². The Morgan fingerprint density at radius 1 is 1.18 bits per heavy atom. The molecule has 3 aliphatic rings. The first-order chi connectivity index (χ1) is 13.4. The van der Waals surface area contributed by atoms with E-state index in [4.69, 9.17) is 4.74 Å². The molecule has 2 saturated carbocycles. The quantitative estimate of drug-likeness (QED) is 0.764. The van der Waals surface area contributed by atoms with Gasteiger partial charge in [0.1, 0.15) is 0 Å². The minimum Gasteiger partial charge on any atom is -0.449 e. The van der Waals surface area contributed by atoms with Crippen molar-refractivity contribution in [3.63, 3.8) is 0 Å². The van der Waals surface area contributed by atoms with Gasteiger partial charge in [-0.3, -0.25) is 9.59 Å². The van der Waals surface area contributed by atoms with Crippen molar-refractivity contribution in [2.24, 2.45) is 17.8 Å². The van der Waals surface area contributed by atoms with Crippen LogP contribution in [0.4, 0.5) is 5.69 Å². The molecule has 2 aliphatic carbocycles. The zero-order valence-corrected chi connectivity index (χ0v) is 16.5. The van der Waals surface area contributed by atoms with E-state index >= 15 is 0 Å². The second kappa shape index (κ2) is 7.57. The third kappa shape index (κ3) is 3.77. The maximum atomic E-state index is 12.5. The van der Waals surface area contributed by atoms with Crippen LogP contribution >= 0.6 is 0 Å². The number of rotatable bonds is 5. The van der Waals surface area contributed by atoms with Gasteiger partial charge in [0.25, 0.3) is 5.91 Å². The second-order valence-corrected chi connectivity index (χ2v) is 8.60. The molecule has 0 saturated heterocycles. The van der Waals surface area contributed by atoms with Gasteiger partial charge in [-0.15, -0.1) is 0 Å². The van der Waals surface area contributed by atoms with E-state index in [1.54, 1.807) is 25.1 Å². The molecule has 0 spiro atoms. The number of anilines is 1. The summed E-state index contributed by atoms with van der Waals surface area (Å²) in [6.07, 6.45) is 5.27. The first-order valence-electron chi connectivity index (χ1n) is 10.3. The standard InChI is InChI=1S/C22H28N2O4/c1-12(18-10-14-3-4-15(18)9-14)23-21(26)13(2)28-22(27)17-5-7-19-16(11-17)6-8-20(25)24-19/h5,7,11-15,18H,3-4,6,8-10H2,1-2H3,(H,23,26)(H,24,25)/t12-,13-,14-,15-,18+/m0/s1. The summed E-state index contributed by atoms with van der Waals surface area (Å²) in [5, 5.41) is 5.84. The fourth-order valence-corrected chi connectivity index (χ4v) is 5.15. The predicted molar refractivity (Wildman–Crippen MR) is 105 cm³/mol. The van der Waals surface area contributed by atoms with Crippen LogP contribution in [-0.2, 0) is 20.7 Å². The molecule has 0 radical (unpaired) electrons. The Balaban J connectivity index is 1.32. The highest BCUT2D eigenvalue weighted by atomic mass is 16.5. The van der Waals surface area contributed by atoms with Crippen molar-refractivity contribution in [2.75, 3.05) is 5.32 Å². The highest BCUT2D eigenvalue weighted by Crippen LogP contribution is 2.49. The maximum Gasteiger partial charge on any atom is 0.338 e. The minimum absolute atomic E-state index is 0.0160. The highest BCUT2D eigenvalue weighted by molar-refractivity contribution is 5.96. The number of amides is 2. The van der Waals surface area contributed by atoms with Crippen LogP contribution in [0, 0.1) is 17.8 Å². The van der Waals surface area contributed by atoms with E-state index in [0.717, 1.165) is 23.1 Å². The number of ether oxygens (including phenoxy) is 1. The third-order valence-electron chi connectivity index (χ3n) is 6.69. The number of benzene rings is 1. The summed E-state index contributed by atoms with van der Waals surface area (Å²) < 4.78 is 5.40. The average molecular weight is 384 g/mol. The minimum atomic E-state index is -0.843. The summed E-state index contributed by atoms with van der Waals surface area (Å²) in [7, 11) is 0. The van der Waals surface area contributed by atoms with Crippen LogP contribution in [0.2, 0.25) is 0 Å². The number of hydrogen-bond donors (Lipinski definition) is 2. The Morgan fingerprint density at radius 3 is 2.71 bits per heavy atom. The lowest BCUT2D eigenvalue weighted by molar-refractivity contribution is -0.130. The van der Waals surface area contributed by atoms with Crippen LogP contribution in [0.25, 0.3) is 0 Å². The zero-order chi connectivity index (χ0) is 19.8. The van der Waals surface area contributed by atoms with Gasteiger partial charge in [-0.25, -0.2) is 4.79 Å². The number of carbonyl (C=O) groups is 3. The first kappa shape index (κ1) is 19.0. The van der Waals surface area contributed by atoms with E-state index < -0.39 is 12.1 Å². The lowest BCUT2D eigenvalue weighted by Crippen LogP contribution is -2.45. The molecule has 2 N–H and O–H groups in total. The number of aryl methyl sites for hydroxylation is 1. The zero-order valence-electron chi connectivity index (χ0n) is 16.5. The Labute approximate surface area is 165 Å². The van der Waals surface area contributed by atoms with Crippen LogP contribution in [0.3, 0.4) is 0 Å². The molecule has 6 nitrogen and oxygen atoms in total. The summed E-state index contributed by atoms with van der Waals surface area (Å²) in [5.41, 5.74) is 2.05. The van der Waals surface area contributed by atoms with Crippen molar-refractivity contribution in [3.8, 4) is 0 Å². The van der Waals surface area contributed by atoms with Gasteiger partial charge >= 0.3 is 5.97 Å². The number of fused-ring (bicyclic) bond motifs is 3. The fraction of sp³-hybridized carbons (Fsp3) is 0.591. The smallest absolute Gasteiger partial charge is 0.338 e. The molecule has 1 aromatic rings. The van der Waals surface area contributed by atoms with Crippen molar-refractivity contribution in [3.05, 3.63) is 29.3 Å². The molecule has 6 heteroatoms. The Hall–Kier alpha value is -2.37. The van der Waals surface area contributed by atoms with Crippen LogP contribution in [-0.4, -0.2) is 29.9 Å². The second-order valence-electron chi connectivity index (χ2n) is 8.60. The summed E-state index contributed by atoms with van der Waals surface area (Å²) in [6, 6.07) is 5.18. The van der Waals surface area contributed by atoms with Crippen molar-refractivity contribution < 1.29 is 19.1 Å². The van der Waals surface area contributed by atoms with E-state index in [2.05, 4.69) is 17.6 Å². The lowest BCUT2D eigenvalue weighted by atomic mass is 9.84. The molecule has 0 unspecified atom stereocenters. The highest BCUT2D eigenvalue weighted by Gasteiger charge is 2.42. The summed E-state index contributed by atoms with van der Waals surface area (Å²) in [4.78, 5) is 36.4. The van der Waals surface area contributed by atoms with Gasteiger partial charge < -0.3 is 15.4 Å². The van der Waals surface area contributed by atoms with Crippen LogP contribution < -0.4 is 10.6 Å². The largest absolute Gasteiger partial charge is 0.449 e. The molecule has 2 amide bonds. The topological polar surface area (TPSA) is 84.5 Å². The van der Waals surface area contributed by atoms with Gasteiger partial charge in [0.05, 0.1) is 5.56 Å². The molecule has 4 rings (SSSR count). The summed E-state index contributed by atoms with van der Waals surface area (Å²) in [6.45, 7) is 3.68. The SMILES string of the molecule is C[C@H](OC(=O)c1ccc2c(c1)CCC(=O)N2)C(=O)N[C@@H](C)[C@H]1C[C@H]2CC[C@H]1C2. The van der Waals surface area contributed by atoms with Crippen molar-refractivity contribution in [2.45, 2.75) is 64.5 Å². The van der Waals surface area contributed by atoms with Gasteiger partial charge in [0.2, 0.25) is 5.91 Å². The van der Waals surface area contributed by atoms with Gasteiger partial charge in [0.15, 0.2) is 6.10 Å².